The maximum Gasteiger partial charge on any atom is 0.296 e. The number of nitrogens with zero attached hydrogens (tertiary/aromatic N) is 2. The third-order valence-electron chi connectivity index (χ3n) is 3.99. The lowest BCUT2D eigenvalue weighted by Gasteiger charge is -2.34. The quantitative estimate of drug-likeness (QED) is 0.457. The van der Waals surface area contributed by atoms with Crippen LogP contribution in [0.2, 0.25) is 0 Å². The lowest BCUT2D eigenvalue weighted by molar-refractivity contribution is -0.384. The summed E-state index contributed by atoms with van der Waals surface area (Å²) in [5.74, 6) is -0.0389. The van der Waals surface area contributed by atoms with E-state index >= 15 is 0 Å². The van der Waals surface area contributed by atoms with Gasteiger partial charge in [0, 0.05) is 25.7 Å². The van der Waals surface area contributed by atoms with Crippen molar-refractivity contribution in [3.63, 3.8) is 0 Å². The molecule has 0 aromatic heterocycles. The minimum absolute atomic E-state index is 0.0591. The van der Waals surface area contributed by atoms with Gasteiger partial charge in [-0.05, 0) is 34.7 Å². The summed E-state index contributed by atoms with van der Waals surface area (Å²) >= 11 is 3.18. The van der Waals surface area contributed by atoms with Crippen molar-refractivity contribution in [2.24, 2.45) is 5.92 Å². The number of likely N-dealkylation sites (tertiary alicyclic amines) is 1. The number of nitrogen functional groups attached to an aromatic ring is 1. The summed E-state index contributed by atoms with van der Waals surface area (Å²) in [6, 6.07) is 1.00. The molecule has 1 fully saturated rings. The lowest BCUT2D eigenvalue weighted by Crippen LogP contribution is -2.40. The molecule has 0 saturated carbocycles. The molecule has 1 saturated heterocycles. The van der Waals surface area contributed by atoms with Crippen LogP contribution in [0.25, 0.3) is 0 Å². The molecule has 6 nitrogen and oxygen atoms in total. The molecule has 0 radical (unpaired) electrons. The number of anilines is 2. The predicted molar refractivity (Wildman–Crippen MR) is 93.1 cm³/mol. The second kappa shape index (κ2) is 7.44. The smallest absolute Gasteiger partial charge is 0.296 e. The third-order valence-corrected chi connectivity index (χ3v) is 4.81. The molecule has 1 aliphatic rings. The van der Waals surface area contributed by atoms with Crippen LogP contribution in [0.15, 0.2) is 10.5 Å². The minimum Gasteiger partial charge on any atom is -0.392 e. The Hall–Kier alpha value is -1.41. The van der Waals surface area contributed by atoms with Gasteiger partial charge >= 0.3 is 0 Å². The average Bonchev–Trinajstić information content (AvgIpc) is 2.48. The Morgan fingerprint density at radius 3 is 2.65 bits per heavy atom. The first kappa shape index (κ1) is 17.9. The Balaban J connectivity index is 2.07. The zero-order valence-electron chi connectivity index (χ0n) is 13.3. The van der Waals surface area contributed by atoms with Crippen molar-refractivity contribution in [1.82, 2.24) is 4.90 Å². The Labute approximate surface area is 143 Å². The van der Waals surface area contributed by atoms with E-state index in [1.54, 1.807) is 0 Å². The lowest BCUT2D eigenvalue weighted by atomic mass is 10.0. The fourth-order valence-electron chi connectivity index (χ4n) is 2.89. The van der Waals surface area contributed by atoms with Crippen molar-refractivity contribution < 1.29 is 9.31 Å². The van der Waals surface area contributed by atoms with Gasteiger partial charge in [0.05, 0.1) is 21.1 Å². The van der Waals surface area contributed by atoms with Crippen molar-refractivity contribution in [1.29, 1.82) is 0 Å². The van der Waals surface area contributed by atoms with E-state index in [1.807, 2.05) is 0 Å². The van der Waals surface area contributed by atoms with Gasteiger partial charge < -0.3 is 16.0 Å². The molecule has 0 atom stereocenters. The SMILES string of the molecule is CC(C)CN1CCC(Nc2c(F)cc([N+](=O)[O-])c(N)c2Br)CC1. The third kappa shape index (κ3) is 4.32. The van der Waals surface area contributed by atoms with Crippen molar-refractivity contribution >= 4 is 33.0 Å². The van der Waals surface area contributed by atoms with Crippen LogP contribution in [0.4, 0.5) is 21.5 Å². The second-order valence-electron chi connectivity index (χ2n) is 6.35. The number of hydrogen-bond donors (Lipinski definition) is 2. The monoisotopic (exact) mass is 388 g/mol. The highest BCUT2D eigenvalue weighted by atomic mass is 79.9. The topological polar surface area (TPSA) is 84.4 Å². The number of halogens is 2. The van der Waals surface area contributed by atoms with Gasteiger partial charge in [-0.1, -0.05) is 13.8 Å². The average molecular weight is 389 g/mol. The maximum absolute atomic E-state index is 14.2. The second-order valence-corrected chi connectivity index (χ2v) is 7.14. The Morgan fingerprint density at radius 1 is 1.52 bits per heavy atom. The van der Waals surface area contributed by atoms with Gasteiger partial charge in [0.2, 0.25) is 0 Å². The zero-order valence-corrected chi connectivity index (χ0v) is 14.9. The van der Waals surface area contributed by atoms with Crippen LogP contribution < -0.4 is 11.1 Å². The molecule has 2 rings (SSSR count). The molecule has 1 aromatic rings. The number of piperidine rings is 1. The van der Waals surface area contributed by atoms with Gasteiger partial charge in [0.25, 0.3) is 5.69 Å². The van der Waals surface area contributed by atoms with Crippen LogP contribution in [0.3, 0.4) is 0 Å². The molecule has 8 heteroatoms. The highest BCUT2D eigenvalue weighted by molar-refractivity contribution is 9.10. The molecule has 0 aliphatic carbocycles. The molecule has 1 aromatic carbocycles. The standard InChI is InChI=1S/C15H22BrFN4O2/c1-9(2)8-20-5-3-10(4-6-20)19-15-11(17)7-12(21(22)23)14(18)13(15)16/h7,9-10,19H,3-6,8,18H2,1-2H3. The number of nitro benzene ring substituents is 1. The molecule has 128 valence electrons. The first-order chi connectivity index (χ1) is 10.8. The largest absolute Gasteiger partial charge is 0.392 e. The van der Waals surface area contributed by atoms with Gasteiger partial charge in [-0.3, -0.25) is 10.1 Å². The van der Waals surface area contributed by atoms with E-state index in [9.17, 15) is 14.5 Å². The molecular formula is C15H22BrFN4O2. The molecular weight excluding hydrogens is 367 g/mol. The van der Waals surface area contributed by atoms with Crippen molar-refractivity contribution in [3.05, 3.63) is 26.5 Å². The van der Waals surface area contributed by atoms with Crippen LogP contribution in [-0.2, 0) is 0 Å². The molecule has 3 N–H and O–H groups in total. The van der Waals surface area contributed by atoms with E-state index in [4.69, 9.17) is 5.73 Å². The fourth-order valence-corrected chi connectivity index (χ4v) is 3.39. The number of rotatable bonds is 5. The number of nitrogens with two attached hydrogens (primary N) is 1. The molecule has 23 heavy (non-hydrogen) atoms. The highest BCUT2D eigenvalue weighted by Gasteiger charge is 2.25. The summed E-state index contributed by atoms with van der Waals surface area (Å²) in [7, 11) is 0. The van der Waals surface area contributed by atoms with Gasteiger partial charge in [0.15, 0.2) is 5.82 Å². The summed E-state index contributed by atoms with van der Waals surface area (Å²) in [6.45, 7) is 7.36. The first-order valence-corrected chi connectivity index (χ1v) is 8.49. The molecule has 1 heterocycles. The molecule has 0 unspecified atom stereocenters. The molecule has 0 amide bonds. The van der Waals surface area contributed by atoms with Crippen LogP contribution in [0, 0.1) is 21.8 Å². The van der Waals surface area contributed by atoms with E-state index in [1.165, 1.54) is 0 Å². The molecule has 1 aliphatic heterocycles. The Bertz CT molecular complexity index is 589. The van der Waals surface area contributed by atoms with E-state index in [2.05, 4.69) is 40.0 Å². The van der Waals surface area contributed by atoms with Crippen LogP contribution in [0.5, 0.6) is 0 Å². The fraction of sp³-hybridized carbons (Fsp3) is 0.600. The van der Waals surface area contributed by atoms with Crippen molar-refractivity contribution in [2.45, 2.75) is 32.7 Å². The normalized spacial score (nSPS) is 16.7. The van der Waals surface area contributed by atoms with Gasteiger partial charge in [-0.15, -0.1) is 0 Å². The van der Waals surface area contributed by atoms with E-state index in [0.29, 0.717) is 5.92 Å². The van der Waals surface area contributed by atoms with Crippen molar-refractivity contribution in [3.8, 4) is 0 Å². The summed E-state index contributed by atoms with van der Waals surface area (Å²) in [5.41, 5.74) is 5.45. The Morgan fingerprint density at radius 2 is 2.13 bits per heavy atom. The predicted octanol–water partition coefficient (Wildman–Crippen LogP) is 3.61. The van der Waals surface area contributed by atoms with Gasteiger partial charge in [-0.25, -0.2) is 4.39 Å². The van der Waals surface area contributed by atoms with E-state index < -0.39 is 16.4 Å². The van der Waals surface area contributed by atoms with Gasteiger partial charge in [-0.2, -0.15) is 0 Å². The van der Waals surface area contributed by atoms with Crippen molar-refractivity contribution in [2.75, 3.05) is 30.7 Å². The van der Waals surface area contributed by atoms with Crippen LogP contribution in [-0.4, -0.2) is 35.5 Å². The Kier molecular flexibility index (Phi) is 5.80. The zero-order chi connectivity index (χ0) is 17.1. The first-order valence-electron chi connectivity index (χ1n) is 7.70. The number of nitrogens with one attached hydrogen (secondary N) is 1. The summed E-state index contributed by atoms with van der Waals surface area (Å²) in [4.78, 5) is 12.6. The number of hydrogen-bond acceptors (Lipinski definition) is 5. The molecule has 0 bridgehead atoms. The highest BCUT2D eigenvalue weighted by Crippen LogP contribution is 2.38. The van der Waals surface area contributed by atoms with Crippen LogP contribution in [0.1, 0.15) is 26.7 Å². The van der Waals surface area contributed by atoms with Gasteiger partial charge in [0.1, 0.15) is 5.69 Å². The van der Waals surface area contributed by atoms with Crippen LogP contribution >= 0.6 is 15.9 Å². The maximum atomic E-state index is 14.2. The van der Waals surface area contributed by atoms with E-state index in [0.717, 1.165) is 38.5 Å². The summed E-state index contributed by atoms with van der Waals surface area (Å²) in [5, 5.41) is 14.0. The summed E-state index contributed by atoms with van der Waals surface area (Å²) in [6.07, 6.45) is 1.80. The van der Waals surface area contributed by atoms with E-state index in [-0.39, 0.29) is 21.9 Å². The summed E-state index contributed by atoms with van der Waals surface area (Å²) < 4.78 is 14.4. The molecule has 0 spiro atoms. The minimum atomic E-state index is -0.683. The number of nitro groups is 1. The number of benzene rings is 1.